The molecule has 0 bridgehead atoms. The normalized spacial score (nSPS) is 11.5. The summed E-state index contributed by atoms with van der Waals surface area (Å²) in [7, 11) is 0. The van der Waals surface area contributed by atoms with Crippen molar-refractivity contribution in [2.75, 3.05) is 9.80 Å². The molecule has 6 aromatic carbocycles. The van der Waals surface area contributed by atoms with E-state index in [1.807, 2.05) is 36.7 Å². The van der Waals surface area contributed by atoms with Crippen molar-refractivity contribution in [1.29, 1.82) is 0 Å². The Hall–Kier alpha value is -6.08. The van der Waals surface area contributed by atoms with Gasteiger partial charge in [-0.3, -0.25) is 9.80 Å². The summed E-state index contributed by atoms with van der Waals surface area (Å²) in [5.74, 6) is 0. The molecule has 0 saturated carbocycles. The van der Waals surface area contributed by atoms with E-state index in [0.717, 1.165) is 65.0 Å². The Morgan fingerprint density at radius 2 is 0.600 bits per heavy atom. The van der Waals surface area contributed by atoms with Crippen LogP contribution in [0.15, 0.2) is 194 Å². The Kier molecular flexibility index (Phi) is 9.10. The molecule has 0 N–H and O–H groups in total. The number of rotatable bonds is 10. The van der Waals surface area contributed by atoms with Crippen LogP contribution >= 0.6 is 22.7 Å². The minimum Gasteiger partial charge on any atom is -0.286 e. The van der Waals surface area contributed by atoms with E-state index in [2.05, 4.69) is 168 Å². The van der Waals surface area contributed by atoms with Gasteiger partial charge in [0, 0.05) is 46.3 Å². The van der Waals surface area contributed by atoms with Crippen LogP contribution in [0, 0.1) is 0 Å². The van der Waals surface area contributed by atoms with Crippen molar-refractivity contribution in [3.63, 3.8) is 0 Å². The Labute approximate surface area is 300 Å². The maximum absolute atomic E-state index is 5.09. The molecule has 0 aliphatic rings. The van der Waals surface area contributed by atoms with Crippen LogP contribution in [0.2, 0.25) is 0 Å². The van der Waals surface area contributed by atoms with E-state index in [9.17, 15) is 0 Å². The first kappa shape index (κ1) is 31.2. The zero-order chi connectivity index (χ0) is 33.5. The monoisotopic (exact) mass is 680 g/mol. The van der Waals surface area contributed by atoms with Crippen LogP contribution in [0.25, 0.3) is 11.1 Å². The van der Waals surface area contributed by atoms with Crippen molar-refractivity contribution in [1.82, 2.24) is 9.97 Å². The highest BCUT2D eigenvalue weighted by atomic mass is 32.1. The van der Waals surface area contributed by atoms with Crippen molar-refractivity contribution >= 4 is 66.8 Å². The van der Waals surface area contributed by atoms with Gasteiger partial charge in [0.05, 0.1) is 9.75 Å². The third kappa shape index (κ3) is 6.50. The molecule has 0 spiro atoms. The van der Waals surface area contributed by atoms with Gasteiger partial charge in [0.1, 0.15) is 0 Å². The van der Waals surface area contributed by atoms with Gasteiger partial charge in [-0.15, -0.1) is 0 Å². The van der Waals surface area contributed by atoms with Crippen molar-refractivity contribution in [2.45, 2.75) is 0 Å². The molecule has 0 saturated heterocycles. The smallest absolute Gasteiger partial charge is 0.195 e. The van der Waals surface area contributed by atoms with E-state index in [1.165, 1.54) is 0 Å². The summed E-state index contributed by atoms with van der Waals surface area (Å²) in [6.45, 7) is 0. The third-order valence-corrected chi connectivity index (χ3v) is 10.3. The van der Waals surface area contributed by atoms with Crippen molar-refractivity contribution in [2.24, 2.45) is 0 Å². The minimum atomic E-state index is 0.891. The van der Waals surface area contributed by atoms with Gasteiger partial charge in [0.2, 0.25) is 0 Å². The van der Waals surface area contributed by atoms with E-state index >= 15 is 0 Å². The largest absolute Gasteiger partial charge is 0.286 e. The van der Waals surface area contributed by atoms with Crippen molar-refractivity contribution < 1.29 is 0 Å². The maximum Gasteiger partial charge on any atom is 0.195 e. The molecule has 2 heterocycles. The molecular formula is C44H32N4S2. The Balaban J connectivity index is 1.33. The van der Waals surface area contributed by atoms with Crippen LogP contribution in [0.1, 0.15) is 20.9 Å². The molecule has 50 heavy (non-hydrogen) atoms. The van der Waals surface area contributed by atoms with Gasteiger partial charge in [-0.05, 0) is 59.7 Å². The number of aromatic nitrogens is 2. The highest BCUT2D eigenvalue weighted by Crippen LogP contribution is 2.46. The van der Waals surface area contributed by atoms with Crippen LogP contribution < -0.4 is 9.80 Å². The molecule has 0 amide bonds. The van der Waals surface area contributed by atoms with Crippen molar-refractivity contribution in [3.8, 4) is 0 Å². The second-order valence-corrected chi connectivity index (χ2v) is 13.5. The van der Waals surface area contributed by atoms with Crippen LogP contribution in [-0.2, 0) is 0 Å². The third-order valence-electron chi connectivity index (χ3n) is 8.29. The topological polar surface area (TPSA) is 32.3 Å². The van der Waals surface area contributed by atoms with E-state index < -0.39 is 0 Å². The summed E-state index contributed by atoms with van der Waals surface area (Å²) in [6.07, 6.45) is 4.04. The van der Waals surface area contributed by atoms with Gasteiger partial charge < -0.3 is 0 Å². The van der Waals surface area contributed by atoms with E-state index in [-0.39, 0.29) is 0 Å². The molecule has 2 aromatic heterocycles. The predicted molar refractivity (Wildman–Crippen MR) is 211 cm³/mol. The summed E-state index contributed by atoms with van der Waals surface area (Å²) in [5.41, 5.74) is 8.69. The Bertz CT molecular complexity index is 2060. The summed E-state index contributed by atoms with van der Waals surface area (Å²) in [4.78, 5) is 16.8. The van der Waals surface area contributed by atoms with Crippen LogP contribution in [0.5, 0.6) is 0 Å². The fraction of sp³-hybridized carbons (Fsp3) is 0. The molecule has 0 radical (unpaired) electrons. The van der Waals surface area contributed by atoms with Gasteiger partial charge in [0.15, 0.2) is 10.3 Å². The molecule has 0 atom stereocenters. The summed E-state index contributed by atoms with van der Waals surface area (Å²) >= 11 is 3.38. The van der Waals surface area contributed by atoms with Gasteiger partial charge in [0.25, 0.3) is 0 Å². The van der Waals surface area contributed by atoms with Crippen molar-refractivity contribution in [3.05, 3.63) is 215 Å². The first-order valence-corrected chi connectivity index (χ1v) is 18.0. The standard InChI is InChI=1S/C44H32N4S2/c1-7-19-33(20-8-1)41(39-31-45-43(49-39)47(35-23-11-3-12-24-35)36-25-13-4-14-26-36)42(34-21-9-2-10-22-34)40-32-46-44(50-40)48(37-27-15-5-16-28-37)38-29-17-6-18-30-38/h1-32H/b42-41+. The summed E-state index contributed by atoms with van der Waals surface area (Å²) in [6, 6.07) is 63.0. The number of thiazole rings is 2. The van der Waals surface area contributed by atoms with Crippen LogP contribution in [0.3, 0.4) is 0 Å². The van der Waals surface area contributed by atoms with Gasteiger partial charge in [-0.1, -0.05) is 156 Å². The number of nitrogens with zero attached hydrogens (tertiary/aromatic N) is 4. The SMILES string of the molecule is c1ccc(/C(=C(/c2ccccc2)c2cnc(N(c3ccccc3)c3ccccc3)s2)c2cnc(N(c3ccccc3)c3ccccc3)s2)cc1. The highest BCUT2D eigenvalue weighted by Gasteiger charge is 2.24. The lowest BCUT2D eigenvalue weighted by Gasteiger charge is -2.22. The average Bonchev–Trinajstić information content (AvgIpc) is 3.87. The number of anilines is 6. The fourth-order valence-corrected chi connectivity index (χ4v) is 8.11. The number of hydrogen-bond donors (Lipinski definition) is 0. The molecule has 0 unspecified atom stereocenters. The van der Waals surface area contributed by atoms with E-state index in [4.69, 9.17) is 9.97 Å². The average molecular weight is 681 g/mol. The fourth-order valence-electron chi connectivity index (χ4n) is 6.05. The summed E-state index contributed by atoms with van der Waals surface area (Å²) < 4.78 is 0. The zero-order valence-electron chi connectivity index (χ0n) is 27.1. The molecule has 0 fully saturated rings. The van der Waals surface area contributed by atoms with E-state index in [0.29, 0.717) is 0 Å². The maximum atomic E-state index is 5.09. The molecule has 4 nitrogen and oxygen atoms in total. The molecule has 8 rings (SSSR count). The van der Waals surface area contributed by atoms with Crippen LogP contribution in [-0.4, -0.2) is 9.97 Å². The zero-order valence-corrected chi connectivity index (χ0v) is 28.7. The number of para-hydroxylation sites is 4. The quantitative estimate of drug-likeness (QED) is 0.135. The Morgan fingerprint density at radius 3 is 0.880 bits per heavy atom. The molecular weight excluding hydrogens is 649 g/mol. The second-order valence-electron chi connectivity index (χ2n) is 11.5. The summed E-state index contributed by atoms with van der Waals surface area (Å²) in [5, 5.41) is 1.78. The van der Waals surface area contributed by atoms with E-state index in [1.54, 1.807) is 22.7 Å². The van der Waals surface area contributed by atoms with Gasteiger partial charge in [-0.2, -0.15) is 0 Å². The molecule has 240 valence electrons. The van der Waals surface area contributed by atoms with Crippen LogP contribution in [0.4, 0.5) is 33.0 Å². The first-order valence-electron chi connectivity index (χ1n) is 16.4. The lowest BCUT2D eigenvalue weighted by atomic mass is 9.93. The Morgan fingerprint density at radius 1 is 0.340 bits per heavy atom. The minimum absolute atomic E-state index is 0.891. The first-order chi connectivity index (χ1) is 24.8. The number of hydrogen-bond acceptors (Lipinski definition) is 6. The van der Waals surface area contributed by atoms with Gasteiger partial charge >= 0.3 is 0 Å². The van der Waals surface area contributed by atoms with Gasteiger partial charge in [-0.25, -0.2) is 9.97 Å². The molecule has 6 heteroatoms. The number of benzene rings is 6. The second kappa shape index (κ2) is 14.6. The lowest BCUT2D eigenvalue weighted by molar-refractivity contribution is 1.23. The predicted octanol–water partition coefficient (Wildman–Crippen LogP) is 12.5. The lowest BCUT2D eigenvalue weighted by Crippen LogP contribution is -2.09. The highest BCUT2D eigenvalue weighted by molar-refractivity contribution is 7.18. The molecule has 0 aliphatic heterocycles. The molecule has 8 aromatic rings. The molecule has 0 aliphatic carbocycles.